The molecular weight excluding hydrogens is 378 g/mol. The summed E-state index contributed by atoms with van der Waals surface area (Å²) in [7, 11) is 2.12. The number of carbonyl (C=O) groups excluding carboxylic acids is 2. The number of allylic oxidation sites excluding steroid dienone is 2. The Kier molecular flexibility index (Phi) is 6.56. The van der Waals surface area contributed by atoms with Gasteiger partial charge in [0.05, 0.1) is 6.07 Å². The molecule has 0 aromatic rings. The van der Waals surface area contributed by atoms with Crippen molar-refractivity contribution in [1.29, 1.82) is 5.26 Å². The molecule has 0 radical (unpaired) electrons. The Hall–Kier alpha value is -2.33. The molecule has 2 unspecified atom stereocenters. The summed E-state index contributed by atoms with van der Waals surface area (Å²) in [5.74, 6) is -0.844. The molecule has 2 atom stereocenters. The standard InChI is InChI=1S/C23H35N5O2/c1-4-6-17(2)18-15-23(20(25)29,21(30)26-22(16-24)8-5-9-22)10-7-19(18)28-13-11-27(3)12-14-28/h7,10,17H,4-6,8-9,11-15H2,1-3H3,(H2,25,29)(H,26,30). The van der Waals surface area contributed by atoms with Gasteiger partial charge in [-0.25, -0.2) is 0 Å². The molecule has 30 heavy (non-hydrogen) atoms. The van der Waals surface area contributed by atoms with E-state index >= 15 is 0 Å². The van der Waals surface area contributed by atoms with Crippen molar-refractivity contribution in [3.05, 3.63) is 23.4 Å². The van der Waals surface area contributed by atoms with Gasteiger partial charge >= 0.3 is 0 Å². The van der Waals surface area contributed by atoms with Gasteiger partial charge in [0, 0.05) is 31.9 Å². The van der Waals surface area contributed by atoms with Gasteiger partial charge in [-0.05, 0) is 56.7 Å². The van der Waals surface area contributed by atoms with Gasteiger partial charge in [0.2, 0.25) is 11.8 Å². The molecule has 0 aromatic heterocycles. The average molecular weight is 414 g/mol. The predicted molar refractivity (Wildman–Crippen MR) is 116 cm³/mol. The molecule has 2 fully saturated rings. The smallest absolute Gasteiger partial charge is 0.241 e. The van der Waals surface area contributed by atoms with Crippen LogP contribution in [0.25, 0.3) is 0 Å². The van der Waals surface area contributed by atoms with Crippen molar-refractivity contribution in [2.24, 2.45) is 17.1 Å². The van der Waals surface area contributed by atoms with E-state index < -0.39 is 22.8 Å². The summed E-state index contributed by atoms with van der Waals surface area (Å²) >= 11 is 0. The second kappa shape index (κ2) is 8.81. The van der Waals surface area contributed by atoms with Crippen LogP contribution in [0.1, 0.15) is 52.4 Å². The lowest BCUT2D eigenvalue weighted by Crippen LogP contribution is -2.59. The molecule has 1 heterocycles. The van der Waals surface area contributed by atoms with Gasteiger partial charge in [-0.3, -0.25) is 9.59 Å². The fraction of sp³-hybridized carbons (Fsp3) is 0.696. The Labute approximate surface area is 179 Å². The lowest BCUT2D eigenvalue weighted by Gasteiger charge is -2.42. The van der Waals surface area contributed by atoms with E-state index in [0.29, 0.717) is 12.8 Å². The average Bonchev–Trinajstić information content (AvgIpc) is 2.70. The molecule has 0 aromatic carbocycles. The zero-order valence-electron chi connectivity index (χ0n) is 18.5. The summed E-state index contributed by atoms with van der Waals surface area (Å²) in [4.78, 5) is 30.6. The van der Waals surface area contributed by atoms with E-state index in [0.717, 1.165) is 56.7 Å². The van der Waals surface area contributed by atoms with Gasteiger partial charge in [-0.2, -0.15) is 5.26 Å². The van der Waals surface area contributed by atoms with Gasteiger partial charge in [0.15, 0.2) is 0 Å². The topological polar surface area (TPSA) is 102 Å². The number of nitrogens with one attached hydrogen (secondary N) is 1. The number of piperazine rings is 1. The third kappa shape index (κ3) is 4.11. The monoisotopic (exact) mass is 413 g/mol. The molecule has 0 spiro atoms. The van der Waals surface area contributed by atoms with Crippen molar-refractivity contribution in [3.63, 3.8) is 0 Å². The first-order chi connectivity index (χ1) is 14.3. The number of nitrogens with two attached hydrogens (primary N) is 1. The highest BCUT2D eigenvalue weighted by molar-refractivity contribution is 6.07. The van der Waals surface area contributed by atoms with Gasteiger partial charge in [-0.15, -0.1) is 0 Å². The zero-order chi connectivity index (χ0) is 21.9. The number of likely N-dealkylation sites (N-methyl/N-ethyl adjacent to an activating group) is 1. The molecule has 7 nitrogen and oxygen atoms in total. The molecule has 1 aliphatic heterocycles. The van der Waals surface area contributed by atoms with E-state index in [-0.39, 0.29) is 12.3 Å². The molecule has 0 bridgehead atoms. The van der Waals surface area contributed by atoms with E-state index in [1.807, 2.05) is 6.08 Å². The van der Waals surface area contributed by atoms with Crippen LogP contribution >= 0.6 is 0 Å². The van der Waals surface area contributed by atoms with Crippen LogP contribution in [-0.2, 0) is 9.59 Å². The maximum atomic E-state index is 13.3. The molecule has 3 rings (SSSR count). The fourth-order valence-electron chi connectivity index (χ4n) is 4.73. The van der Waals surface area contributed by atoms with Crippen LogP contribution in [-0.4, -0.2) is 60.4 Å². The minimum absolute atomic E-state index is 0.245. The molecule has 2 aliphatic carbocycles. The van der Waals surface area contributed by atoms with E-state index in [1.165, 1.54) is 0 Å². The van der Waals surface area contributed by atoms with Crippen molar-refractivity contribution in [2.45, 2.75) is 57.9 Å². The molecule has 1 saturated carbocycles. The quantitative estimate of drug-likeness (QED) is 0.621. The second-order valence-electron chi connectivity index (χ2n) is 9.24. The SMILES string of the molecule is CCCC(C)C1=C(N2CCN(C)CC2)C=CC(C(N)=O)(C(=O)NC2(C#N)CCC2)C1. The van der Waals surface area contributed by atoms with Crippen LogP contribution in [0.15, 0.2) is 23.4 Å². The maximum absolute atomic E-state index is 13.3. The Bertz CT molecular complexity index is 784. The number of rotatable bonds is 7. The van der Waals surface area contributed by atoms with Gasteiger partial charge in [0.1, 0.15) is 11.0 Å². The Morgan fingerprint density at radius 3 is 2.47 bits per heavy atom. The number of carbonyl (C=O) groups is 2. The number of nitriles is 1. The number of primary amides is 1. The van der Waals surface area contributed by atoms with Crippen molar-refractivity contribution >= 4 is 11.8 Å². The zero-order valence-corrected chi connectivity index (χ0v) is 18.5. The number of nitrogens with zero attached hydrogens (tertiary/aromatic N) is 3. The maximum Gasteiger partial charge on any atom is 0.241 e. The molecule has 3 aliphatic rings. The highest BCUT2D eigenvalue weighted by Gasteiger charge is 2.50. The van der Waals surface area contributed by atoms with Crippen LogP contribution in [0, 0.1) is 22.7 Å². The van der Waals surface area contributed by atoms with Crippen molar-refractivity contribution in [1.82, 2.24) is 15.1 Å². The fourth-order valence-corrected chi connectivity index (χ4v) is 4.73. The van der Waals surface area contributed by atoms with Crippen LogP contribution in [0.4, 0.5) is 0 Å². The first kappa shape index (κ1) is 22.4. The number of amides is 2. The van der Waals surface area contributed by atoms with Crippen molar-refractivity contribution in [2.75, 3.05) is 33.2 Å². The predicted octanol–water partition coefficient (Wildman–Crippen LogP) is 1.92. The van der Waals surface area contributed by atoms with E-state index in [4.69, 9.17) is 5.73 Å². The summed E-state index contributed by atoms with van der Waals surface area (Å²) in [6, 6.07) is 2.23. The van der Waals surface area contributed by atoms with E-state index in [9.17, 15) is 14.9 Å². The normalized spacial score (nSPS) is 27.2. The first-order valence-corrected chi connectivity index (χ1v) is 11.2. The lowest BCUT2D eigenvalue weighted by molar-refractivity contribution is -0.140. The van der Waals surface area contributed by atoms with Crippen LogP contribution < -0.4 is 11.1 Å². The highest BCUT2D eigenvalue weighted by atomic mass is 16.2. The lowest BCUT2D eigenvalue weighted by atomic mass is 9.70. The summed E-state index contributed by atoms with van der Waals surface area (Å²) in [6.07, 6.45) is 8.06. The molecule has 3 N–H and O–H groups in total. The third-order valence-corrected chi connectivity index (χ3v) is 7.10. The van der Waals surface area contributed by atoms with Crippen molar-refractivity contribution < 1.29 is 9.59 Å². The summed E-state index contributed by atoms with van der Waals surface area (Å²) < 4.78 is 0. The van der Waals surface area contributed by atoms with Crippen LogP contribution in [0.5, 0.6) is 0 Å². The highest BCUT2D eigenvalue weighted by Crippen LogP contribution is 2.41. The summed E-state index contributed by atoms with van der Waals surface area (Å²) in [5, 5.41) is 12.4. The first-order valence-electron chi connectivity index (χ1n) is 11.2. The van der Waals surface area contributed by atoms with Crippen LogP contribution in [0.3, 0.4) is 0 Å². The van der Waals surface area contributed by atoms with E-state index in [2.05, 4.69) is 42.1 Å². The largest absolute Gasteiger partial charge is 0.369 e. The second-order valence-corrected chi connectivity index (χ2v) is 9.24. The number of hydrogen-bond acceptors (Lipinski definition) is 5. The minimum Gasteiger partial charge on any atom is -0.369 e. The molecular formula is C23H35N5O2. The summed E-state index contributed by atoms with van der Waals surface area (Å²) in [6.45, 7) is 8.13. The molecule has 1 saturated heterocycles. The Balaban J connectivity index is 1.92. The Morgan fingerprint density at radius 2 is 1.97 bits per heavy atom. The summed E-state index contributed by atoms with van der Waals surface area (Å²) in [5.41, 5.74) is 5.78. The van der Waals surface area contributed by atoms with Crippen molar-refractivity contribution in [3.8, 4) is 6.07 Å². The number of hydrogen-bond donors (Lipinski definition) is 2. The van der Waals surface area contributed by atoms with Gasteiger partial charge in [-0.1, -0.05) is 26.3 Å². The van der Waals surface area contributed by atoms with Crippen LogP contribution in [0.2, 0.25) is 0 Å². The molecule has 7 heteroatoms. The third-order valence-electron chi connectivity index (χ3n) is 7.10. The van der Waals surface area contributed by atoms with E-state index in [1.54, 1.807) is 6.08 Å². The minimum atomic E-state index is -1.44. The molecule has 164 valence electrons. The molecule has 2 amide bonds. The Morgan fingerprint density at radius 1 is 1.30 bits per heavy atom. The van der Waals surface area contributed by atoms with Gasteiger partial charge < -0.3 is 20.9 Å². The van der Waals surface area contributed by atoms with Gasteiger partial charge in [0.25, 0.3) is 0 Å².